The van der Waals surface area contributed by atoms with Gasteiger partial charge in [0.15, 0.2) is 17.3 Å². The summed E-state index contributed by atoms with van der Waals surface area (Å²) in [5.41, 5.74) is 1.74. The summed E-state index contributed by atoms with van der Waals surface area (Å²) in [4.78, 5) is 15.3. The number of nitrogens with zero attached hydrogens (tertiary/aromatic N) is 1. The summed E-state index contributed by atoms with van der Waals surface area (Å²) in [5.74, 6) is 1.68. The van der Waals surface area contributed by atoms with Crippen molar-refractivity contribution in [3.05, 3.63) is 47.7 Å². The van der Waals surface area contributed by atoms with Gasteiger partial charge in [-0.25, -0.2) is 4.98 Å². The Kier molecular flexibility index (Phi) is 4.35. The zero-order valence-corrected chi connectivity index (χ0v) is 11.8. The Balaban J connectivity index is 2.23. The molecule has 0 amide bonds. The molecule has 4 nitrogen and oxygen atoms in total. The van der Waals surface area contributed by atoms with Crippen LogP contribution in [0.25, 0.3) is 0 Å². The first-order valence-corrected chi connectivity index (χ1v) is 6.45. The fourth-order valence-corrected chi connectivity index (χ4v) is 1.78. The van der Waals surface area contributed by atoms with Crippen molar-refractivity contribution in [3.8, 4) is 17.4 Å². The molecule has 0 bridgehead atoms. The molecule has 0 spiro atoms. The van der Waals surface area contributed by atoms with Gasteiger partial charge >= 0.3 is 0 Å². The third kappa shape index (κ3) is 3.15. The number of Topliss-reactive ketones (excluding diaryl/α,β-unsaturated/α-hetero) is 1. The molecule has 0 saturated heterocycles. The van der Waals surface area contributed by atoms with Gasteiger partial charge in [0.25, 0.3) is 0 Å². The minimum atomic E-state index is -0.0195. The summed E-state index contributed by atoms with van der Waals surface area (Å²) in [7, 11) is 1.61. The summed E-state index contributed by atoms with van der Waals surface area (Å²) >= 11 is 0. The second-order valence-electron chi connectivity index (χ2n) is 4.38. The summed E-state index contributed by atoms with van der Waals surface area (Å²) in [6.45, 7) is 3.58. The lowest BCUT2D eigenvalue weighted by molar-refractivity contribution is 0.101. The van der Waals surface area contributed by atoms with Crippen LogP contribution in [0.5, 0.6) is 17.4 Å². The number of pyridine rings is 1. The second-order valence-corrected chi connectivity index (χ2v) is 4.38. The minimum Gasteiger partial charge on any atom is -0.493 e. The highest BCUT2D eigenvalue weighted by molar-refractivity contribution is 5.93. The molecule has 0 atom stereocenters. The molecular formula is C16H17NO3. The zero-order chi connectivity index (χ0) is 14.5. The van der Waals surface area contributed by atoms with Crippen LogP contribution < -0.4 is 9.47 Å². The molecule has 0 radical (unpaired) electrons. The largest absolute Gasteiger partial charge is 0.493 e. The number of aromatic nitrogens is 1. The first kappa shape index (κ1) is 14.1. The number of hydrogen-bond acceptors (Lipinski definition) is 4. The highest BCUT2D eigenvalue weighted by Gasteiger charge is 2.08. The van der Waals surface area contributed by atoms with Crippen LogP contribution in [-0.2, 0) is 6.42 Å². The number of ether oxygens (including phenoxy) is 2. The number of aryl methyl sites for hydroxylation is 1. The third-order valence-corrected chi connectivity index (χ3v) is 2.99. The van der Waals surface area contributed by atoms with Crippen molar-refractivity contribution < 1.29 is 14.3 Å². The monoisotopic (exact) mass is 271 g/mol. The van der Waals surface area contributed by atoms with Gasteiger partial charge in [0, 0.05) is 17.8 Å². The molecule has 20 heavy (non-hydrogen) atoms. The van der Waals surface area contributed by atoms with E-state index in [4.69, 9.17) is 9.47 Å². The number of ketones is 1. The highest BCUT2D eigenvalue weighted by Crippen LogP contribution is 2.31. The number of carbonyl (C=O) groups is 1. The molecule has 2 aromatic rings. The first-order valence-electron chi connectivity index (χ1n) is 6.45. The van der Waals surface area contributed by atoms with E-state index in [1.54, 1.807) is 19.2 Å². The van der Waals surface area contributed by atoms with Crippen LogP contribution in [0.3, 0.4) is 0 Å². The summed E-state index contributed by atoms with van der Waals surface area (Å²) in [6.07, 6.45) is 2.44. The van der Waals surface area contributed by atoms with E-state index in [1.165, 1.54) is 18.7 Å². The first-order chi connectivity index (χ1) is 9.63. The molecule has 0 aliphatic rings. The Labute approximate surface area is 118 Å². The van der Waals surface area contributed by atoms with Crippen molar-refractivity contribution in [1.82, 2.24) is 4.98 Å². The molecule has 0 N–H and O–H groups in total. The summed E-state index contributed by atoms with van der Waals surface area (Å²) in [6, 6.07) is 9.15. The van der Waals surface area contributed by atoms with Crippen molar-refractivity contribution in [2.24, 2.45) is 0 Å². The number of methoxy groups -OCH3 is 1. The van der Waals surface area contributed by atoms with Crippen molar-refractivity contribution in [2.75, 3.05) is 7.11 Å². The van der Waals surface area contributed by atoms with E-state index in [-0.39, 0.29) is 5.78 Å². The van der Waals surface area contributed by atoms with Gasteiger partial charge in [-0.05, 0) is 37.1 Å². The predicted molar refractivity (Wildman–Crippen MR) is 76.7 cm³/mol. The Morgan fingerprint density at radius 2 is 2.00 bits per heavy atom. The van der Waals surface area contributed by atoms with Crippen molar-refractivity contribution in [2.45, 2.75) is 20.3 Å². The Hall–Kier alpha value is -2.36. The number of carbonyl (C=O) groups excluding carboxylic acids is 1. The maximum Gasteiger partial charge on any atom is 0.219 e. The number of hydrogen-bond donors (Lipinski definition) is 0. The molecule has 4 heteroatoms. The number of rotatable bonds is 5. The lowest BCUT2D eigenvalue weighted by Crippen LogP contribution is -1.96. The molecule has 0 fully saturated rings. The maximum absolute atomic E-state index is 11.2. The van der Waals surface area contributed by atoms with E-state index < -0.39 is 0 Å². The van der Waals surface area contributed by atoms with Crippen LogP contribution in [0.4, 0.5) is 0 Å². The Morgan fingerprint density at radius 1 is 1.20 bits per heavy atom. The quantitative estimate of drug-likeness (QED) is 0.779. The van der Waals surface area contributed by atoms with Gasteiger partial charge in [0.2, 0.25) is 5.88 Å². The van der Waals surface area contributed by atoms with Gasteiger partial charge in [0.05, 0.1) is 7.11 Å². The average molecular weight is 271 g/mol. The average Bonchev–Trinajstić information content (AvgIpc) is 2.48. The molecule has 1 aromatic heterocycles. The Morgan fingerprint density at radius 3 is 2.55 bits per heavy atom. The molecule has 0 aliphatic heterocycles. The maximum atomic E-state index is 11.2. The molecule has 2 rings (SSSR count). The van der Waals surface area contributed by atoms with E-state index in [0.717, 1.165) is 6.42 Å². The van der Waals surface area contributed by atoms with Crippen LogP contribution in [-0.4, -0.2) is 17.9 Å². The van der Waals surface area contributed by atoms with Gasteiger partial charge in [-0.1, -0.05) is 13.0 Å². The third-order valence-electron chi connectivity index (χ3n) is 2.99. The van der Waals surface area contributed by atoms with Crippen molar-refractivity contribution in [1.29, 1.82) is 0 Å². The Bertz CT molecular complexity index is 606. The zero-order valence-electron chi connectivity index (χ0n) is 11.8. The van der Waals surface area contributed by atoms with E-state index in [9.17, 15) is 4.79 Å². The van der Waals surface area contributed by atoms with Gasteiger partial charge in [-0.2, -0.15) is 0 Å². The van der Waals surface area contributed by atoms with Crippen molar-refractivity contribution >= 4 is 5.78 Å². The standard InChI is InChI=1S/C16H17NO3/c1-4-12-5-7-14(15(9-12)19-3)20-16-8-6-13(10-17-16)11(2)18/h5-10H,4H2,1-3H3. The second kappa shape index (κ2) is 6.19. The summed E-state index contributed by atoms with van der Waals surface area (Å²) in [5, 5.41) is 0. The fourth-order valence-electron chi connectivity index (χ4n) is 1.78. The van der Waals surface area contributed by atoms with E-state index in [0.29, 0.717) is 22.9 Å². The van der Waals surface area contributed by atoms with Crippen LogP contribution in [0.2, 0.25) is 0 Å². The highest BCUT2D eigenvalue weighted by atomic mass is 16.5. The van der Waals surface area contributed by atoms with E-state index in [1.807, 2.05) is 18.2 Å². The molecule has 104 valence electrons. The topological polar surface area (TPSA) is 48.4 Å². The molecular weight excluding hydrogens is 254 g/mol. The van der Waals surface area contributed by atoms with Crippen molar-refractivity contribution in [3.63, 3.8) is 0 Å². The fraction of sp³-hybridized carbons (Fsp3) is 0.250. The van der Waals surface area contributed by atoms with Gasteiger partial charge < -0.3 is 9.47 Å². The van der Waals surface area contributed by atoms with E-state index in [2.05, 4.69) is 11.9 Å². The predicted octanol–water partition coefficient (Wildman–Crippen LogP) is 3.65. The minimum absolute atomic E-state index is 0.0195. The normalized spacial score (nSPS) is 10.2. The molecule has 1 heterocycles. The lowest BCUT2D eigenvalue weighted by atomic mass is 10.1. The molecule has 1 aromatic carbocycles. The van der Waals surface area contributed by atoms with Crippen LogP contribution >= 0.6 is 0 Å². The molecule has 0 aliphatic carbocycles. The van der Waals surface area contributed by atoms with Gasteiger partial charge in [-0.3, -0.25) is 4.79 Å². The molecule has 0 unspecified atom stereocenters. The number of benzene rings is 1. The van der Waals surface area contributed by atoms with Gasteiger partial charge in [-0.15, -0.1) is 0 Å². The molecule has 0 saturated carbocycles. The van der Waals surface area contributed by atoms with Crippen LogP contribution in [0.1, 0.15) is 29.8 Å². The van der Waals surface area contributed by atoms with Crippen LogP contribution in [0, 0.1) is 0 Å². The summed E-state index contributed by atoms with van der Waals surface area (Å²) < 4.78 is 11.0. The SMILES string of the molecule is CCc1ccc(Oc2ccc(C(C)=O)cn2)c(OC)c1. The lowest BCUT2D eigenvalue weighted by Gasteiger charge is -2.11. The van der Waals surface area contributed by atoms with Crippen LogP contribution in [0.15, 0.2) is 36.5 Å². The smallest absolute Gasteiger partial charge is 0.219 e. The van der Waals surface area contributed by atoms with Gasteiger partial charge in [0.1, 0.15) is 0 Å². The van der Waals surface area contributed by atoms with E-state index >= 15 is 0 Å².